The van der Waals surface area contributed by atoms with E-state index in [1.807, 2.05) is 66.9 Å². The highest BCUT2D eigenvalue weighted by atomic mass is 16.5. The molecule has 5 heteroatoms. The lowest BCUT2D eigenvalue weighted by atomic mass is 10.1. The Kier molecular flexibility index (Phi) is 2.82. The van der Waals surface area contributed by atoms with Gasteiger partial charge in [0.05, 0.1) is 28.6 Å². The van der Waals surface area contributed by atoms with E-state index in [1.54, 1.807) is 6.20 Å². The Bertz CT molecular complexity index is 1280. The van der Waals surface area contributed by atoms with Gasteiger partial charge in [0.25, 0.3) is 0 Å². The van der Waals surface area contributed by atoms with Crippen LogP contribution >= 0.6 is 0 Å². The molecule has 3 aromatic heterocycles. The number of anilines is 3. The topological polar surface area (TPSA) is 51.4 Å². The zero-order valence-corrected chi connectivity index (χ0v) is 14.2. The molecule has 128 valence electrons. The summed E-state index contributed by atoms with van der Waals surface area (Å²) in [6, 6.07) is 22.0. The molecule has 0 unspecified atom stereocenters. The number of ether oxygens (including phenoxy) is 1. The molecule has 0 atom stereocenters. The minimum Gasteiger partial charge on any atom is -0.453 e. The molecule has 0 saturated carbocycles. The lowest BCUT2D eigenvalue weighted by Crippen LogP contribution is -2.15. The number of pyridine rings is 2. The molecular weight excluding hydrogens is 338 g/mol. The summed E-state index contributed by atoms with van der Waals surface area (Å²) in [6.45, 7) is 0. The highest BCUT2D eigenvalue weighted by molar-refractivity contribution is 6.04. The van der Waals surface area contributed by atoms with Crippen molar-refractivity contribution in [2.75, 3.05) is 4.90 Å². The first kappa shape index (κ1) is 14.3. The van der Waals surface area contributed by atoms with Crippen LogP contribution in [0.15, 0.2) is 83.5 Å². The quantitative estimate of drug-likeness (QED) is 0.366. The maximum Gasteiger partial charge on any atom is 0.229 e. The fraction of sp³-hybridized carbons (Fsp3) is 0. The monoisotopic (exact) mass is 351 g/mol. The average Bonchev–Trinajstić information content (AvgIpc) is 3.10. The molecule has 0 bridgehead atoms. The molecule has 0 aliphatic carbocycles. The second-order valence-corrected chi connectivity index (χ2v) is 6.38. The van der Waals surface area contributed by atoms with Crippen LogP contribution in [0.4, 0.5) is 17.1 Å². The van der Waals surface area contributed by atoms with Gasteiger partial charge in [0, 0.05) is 11.6 Å². The summed E-state index contributed by atoms with van der Waals surface area (Å²) >= 11 is 0. The molecule has 0 saturated heterocycles. The van der Waals surface area contributed by atoms with Gasteiger partial charge in [0.2, 0.25) is 11.4 Å². The van der Waals surface area contributed by atoms with Crippen molar-refractivity contribution in [2.45, 2.75) is 0 Å². The molecule has 0 N–H and O–H groups in total. The van der Waals surface area contributed by atoms with Gasteiger partial charge in [-0.1, -0.05) is 24.3 Å². The van der Waals surface area contributed by atoms with Crippen LogP contribution in [0.3, 0.4) is 0 Å². The lowest BCUT2D eigenvalue weighted by molar-refractivity contribution is 0.477. The first-order chi connectivity index (χ1) is 13.4. The maximum atomic E-state index is 6.08. The number of hydrogen-bond acceptors (Lipinski definition) is 5. The Morgan fingerprint density at radius 1 is 0.704 bits per heavy atom. The normalized spacial score (nSPS) is 12.7. The van der Waals surface area contributed by atoms with Crippen LogP contribution in [0.5, 0.6) is 11.5 Å². The molecule has 6 rings (SSSR count). The third-order valence-corrected chi connectivity index (χ3v) is 4.78. The predicted molar refractivity (Wildman–Crippen MR) is 104 cm³/mol. The van der Waals surface area contributed by atoms with Crippen LogP contribution in [0.2, 0.25) is 0 Å². The minimum absolute atomic E-state index is 0.585. The number of rotatable bonds is 1. The zero-order valence-electron chi connectivity index (χ0n) is 14.2. The smallest absolute Gasteiger partial charge is 0.229 e. The Balaban J connectivity index is 1.63. The van der Waals surface area contributed by atoms with Gasteiger partial charge >= 0.3 is 0 Å². The van der Waals surface area contributed by atoms with Gasteiger partial charge in [-0.25, -0.2) is 9.97 Å². The third kappa shape index (κ3) is 2.05. The number of para-hydroxylation sites is 4. The van der Waals surface area contributed by atoms with Gasteiger partial charge in [-0.3, -0.25) is 0 Å². The number of nitrogens with zero attached hydrogens (tertiary/aromatic N) is 3. The summed E-state index contributed by atoms with van der Waals surface area (Å²) in [4.78, 5) is 11.0. The molecule has 0 amide bonds. The lowest BCUT2D eigenvalue weighted by Gasteiger charge is -2.32. The molecule has 2 aromatic carbocycles. The van der Waals surface area contributed by atoms with Gasteiger partial charge in [-0.05, 0) is 42.5 Å². The van der Waals surface area contributed by atoms with Crippen LogP contribution < -0.4 is 9.64 Å². The number of furan rings is 1. The first-order valence-corrected chi connectivity index (χ1v) is 8.68. The average molecular weight is 351 g/mol. The third-order valence-electron chi connectivity index (χ3n) is 4.78. The molecule has 0 radical (unpaired) electrons. The summed E-state index contributed by atoms with van der Waals surface area (Å²) in [6.07, 6.45) is 3.55. The second-order valence-electron chi connectivity index (χ2n) is 6.38. The molecule has 1 aliphatic heterocycles. The molecule has 5 aromatic rings. The van der Waals surface area contributed by atoms with Crippen LogP contribution in [0.1, 0.15) is 0 Å². The zero-order chi connectivity index (χ0) is 17.8. The summed E-state index contributed by atoms with van der Waals surface area (Å²) in [5, 5.41) is 1.90. The summed E-state index contributed by atoms with van der Waals surface area (Å²) in [5.41, 5.74) is 4.08. The Morgan fingerprint density at radius 3 is 2.19 bits per heavy atom. The highest BCUT2D eigenvalue weighted by Crippen LogP contribution is 2.50. The van der Waals surface area contributed by atoms with E-state index in [2.05, 4.69) is 20.9 Å². The van der Waals surface area contributed by atoms with Crippen molar-refractivity contribution in [3.63, 3.8) is 0 Å². The van der Waals surface area contributed by atoms with E-state index in [-0.39, 0.29) is 0 Å². The van der Waals surface area contributed by atoms with E-state index in [1.165, 1.54) is 0 Å². The predicted octanol–water partition coefficient (Wildman–Crippen LogP) is 5.95. The SMILES string of the molecule is c1ccc2c(c1)Oc1ccccc1N2c1cnc2oc3ncccc3c2c1. The van der Waals surface area contributed by atoms with Crippen molar-refractivity contribution >= 4 is 39.3 Å². The number of hydrogen-bond donors (Lipinski definition) is 0. The van der Waals surface area contributed by atoms with Crippen molar-refractivity contribution in [3.05, 3.63) is 79.1 Å². The molecule has 0 spiro atoms. The summed E-state index contributed by atoms with van der Waals surface area (Å²) in [7, 11) is 0. The van der Waals surface area contributed by atoms with Crippen molar-refractivity contribution < 1.29 is 9.15 Å². The standard InChI is InChI=1S/C22H13N3O2/c1-3-9-19-17(7-1)25(18-8-2-4-10-20(18)26-19)14-12-16-15-6-5-11-23-21(15)27-22(16)24-13-14/h1-13H. The van der Waals surface area contributed by atoms with Crippen LogP contribution in [0, 0.1) is 0 Å². The number of benzene rings is 2. The van der Waals surface area contributed by atoms with Crippen LogP contribution in [0.25, 0.3) is 22.2 Å². The van der Waals surface area contributed by atoms with Crippen molar-refractivity contribution in [1.29, 1.82) is 0 Å². The van der Waals surface area contributed by atoms with Gasteiger partial charge < -0.3 is 14.1 Å². The van der Waals surface area contributed by atoms with Gasteiger partial charge in [-0.2, -0.15) is 0 Å². The molecule has 0 fully saturated rings. The Labute approximate surface area is 154 Å². The van der Waals surface area contributed by atoms with Crippen molar-refractivity contribution in [1.82, 2.24) is 9.97 Å². The molecule has 1 aliphatic rings. The summed E-state index contributed by atoms with van der Waals surface area (Å²) in [5.74, 6) is 1.63. The van der Waals surface area contributed by atoms with E-state index < -0.39 is 0 Å². The highest BCUT2D eigenvalue weighted by Gasteiger charge is 2.26. The van der Waals surface area contributed by atoms with Gasteiger partial charge in [0.15, 0.2) is 11.5 Å². The maximum absolute atomic E-state index is 6.08. The van der Waals surface area contributed by atoms with E-state index in [4.69, 9.17) is 9.15 Å². The minimum atomic E-state index is 0.585. The fourth-order valence-corrected chi connectivity index (χ4v) is 3.59. The molecule has 27 heavy (non-hydrogen) atoms. The van der Waals surface area contributed by atoms with Gasteiger partial charge in [0.1, 0.15) is 0 Å². The Hall–Kier alpha value is -3.86. The molecule has 4 heterocycles. The fourth-order valence-electron chi connectivity index (χ4n) is 3.59. The largest absolute Gasteiger partial charge is 0.453 e. The number of aromatic nitrogens is 2. The number of fused-ring (bicyclic) bond motifs is 5. The van der Waals surface area contributed by atoms with E-state index in [0.29, 0.717) is 11.4 Å². The van der Waals surface area contributed by atoms with Gasteiger partial charge in [-0.15, -0.1) is 0 Å². The molecule has 5 nitrogen and oxygen atoms in total. The van der Waals surface area contributed by atoms with Crippen molar-refractivity contribution in [3.8, 4) is 11.5 Å². The summed E-state index contributed by atoms with van der Waals surface area (Å²) < 4.78 is 11.8. The van der Waals surface area contributed by atoms with E-state index in [0.717, 1.165) is 39.3 Å². The van der Waals surface area contributed by atoms with E-state index >= 15 is 0 Å². The second kappa shape index (κ2) is 5.32. The first-order valence-electron chi connectivity index (χ1n) is 8.68. The van der Waals surface area contributed by atoms with Crippen LogP contribution in [-0.4, -0.2) is 9.97 Å². The molecular formula is C22H13N3O2. The Morgan fingerprint density at radius 2 is 1.41 bits per heavy atom. The van der Waals surface area contributed by atoms with E-state index in [9.17, 15) is 0 Å². The van der Waals surface area contributed by atoms with Crippen LogP contribution in [-0.2, 0) is 0 Å². The van der Waals surface area contributed by atoms with Crippen molar-refractivity contribution in [2.24, 2.45) is 0 Å².